The van der Waals surface area contributed by atoms with Crippen LogP contribution in [0.2, 0.25) is 0 Å². The lowest BCUT2D eigenvalue weighted by atomic mass is 10.0. The number of anilines is 1. The van der Waals surface area contributed by atoms with Gasteiger partial charge in [-0.3, -0.25) is 9.10 Å². The predicted octanol–water partition coefficient (Wildman–Crippen LogP) is 5.19. The van der Waals surface area contributed by atoms with Gasteiger partial charge in [-0.15, -0.1) is 0 Å². The number of hydrogen-bond donors (Lipinski definition) is 1. The van der Waals surface area contributed by atoms with Crippen molar-refractivity contribution < 1.29 is 13.2 Å². The van der Waals surface area contributed by atoms with Gasteiger partial charge in [-0.25, -0.2) is 8.42 Å². The topological polar surface area (TPSA) is 66.5 Å². The Morgan fingerprint density at radius 3 is 2.15 bits per heavy atom. The highest BCUT2D eigenvalue weighted by molar-refractivity contribution is 7.92. The van der Waals surface area contributed by atoms with Crippen molar-refractivity contribution in [2.24, 2.45) is 0 Å². The molecule has 5 nitrogen and oxygen atoms in total. The molecule has 0 bridgehead atoms. The molecular formula is C28H34N2O3S. The van der Waals surface area contributed by atoms with Crippen LogP contribution >= 0.6 is 0 Å². The lowest BCUT2D eigenvalue weighted by Gasteiger charge is -2.26. The van der Waals surface area contributed by atoms with Crippen molar-refractivity contribution >= 4 is 21.6 Å². The Morgan fingerprint density at radius 2 is 1.50 bits per heavy atom. The van der Waals surface area contributed by atoms with Crippen molar-refractivity contribution in [2.45, 2.75) is 58.4 Å². The second-order valence-corrected chi connectivity index (χ2v) is 10.3. The standard InChI is InChI=1S/C28H34N2O3S/c1-5-22-14-15-23(6-2)25(18-22)19-29-28(31)20-30(27-11-9-8-10-24(27)7-3)34(32,33)26-16-12-21(4)13-17-26/h8-18H,5-7,19-20H2,1-4H3,(H,29,31). The van der Waals surface area contributed by atoms with Gasteiger partial charge >= 0.3 is 0 Å². The number of sulfonamides is 1. The summed E-state index contributed by atoms with van der Waals surface area (Å²) in [4.78, 5) is 13.2. The van der Waals surface area contributed by atoms with E-state index in [4.69, 9.17) is 0 Å². The van der Waals surface area contributed by atoms with E-state index >= 15 is 0 Å². The van der Waals surface area contributed by atoms with Crippen molar-refractivity contribution in [3.8, 4) is 0 Å². The average molecular weight is 479 g/mol. The quantitative estimate of drug-likeness (QED) is 0.436. The first kappa shape index (κ1) is 25.5. The van der Waals surface area contributed by atoms with Crippen molar-refractivity contribution in [1.82, 2.24) is 5.32 Å². The molecule has 0 spiro atoms. The van der Waals surface area contributed by atoms with E-state index in [-0.39, 0.29) is 17.3 Å². The van der Waals surface area contributed by atoms with Gasteiger partial charge in [-0.1, -0.05) is 74.9 Å². The maximum Gasteiger partial charge on any atom is 0.264 e. The first-order valence-corrected chi connectivity index (χ1v) is 13.3. The van der Waals surface area contributed by atoms with E-state index in [9.17, 15) is 13.2 Å². The third-order valence-electron chi connectivity index (χ3n) is 6.07. The minimum absolute atomic E-state index is 0.167. The maximum atomic E-state index is 13.7. The molecule has 0 aliphatic heterocycles. The molecular weight excluding hydrogens is 444 g/mol. The van der Waals surface area contributed by atoms with Gasteiger partial charge in [0.25, 0.3) is 10.0 Å². The number of carbonyl (C=O) groups excluding carboxylic acids is 1. The molecule has 0 fully saturated rings. The van der Waals surface area contributed by atoms with Gasteiger partial charge in [0.05, 0.1) is 10.6 Å². The molecule has 3 rings (SSSR count). The van der Waals surface area contributed by atoms with Crippen LogP contribution in [-0.4, -0.2) is 20.9 Å². The number of carbonyl (C=O) groups is 1. The fourth-order valence-electron chi connectivity index (χ4n) is 3.98. The summed E-state index contributed by atoms with van der Waals surface area (Å²) in [6, 6.07) is 20.4. The fourth-order valence-corrected chi connectivity index (χ4v) is 5.44. The molecule has 0 aromatic heterocycles. The summed E-state index contributed by atoms with van der Waals surface area (Å²) in [5, 5.41) is 2.95. The number of hydrogen-bond acceptors (Lipinski definition) is 3. The fraction of sp³-hybridized carbons (Fsp3) is 0.321. The zero-order valence-corrected chi connectivity index (χ0v) is 21.3. The SMILES string of the molecule is CCc1ccc(CC)c(CNC(=O)CN(c2ccccc2CC)S(=O)(=O)c2ccc(C)cc2)c1. The van der Waals surface area contributed by atoms with E-state index in [1.165, 1.54) is 15.4 Å². The number of amides is 1. The van der Waals surface area contributed by atoms with Crippen molar-refractivity contribution in [3.63, 3.8) is 0 Å². The van der Waals surface area contributed by atoms with E-state index in [0.29, 0.717) is 18.7 Å². The van der Waals surface area contributed by atoms with E-state index < -0.39 is 10.0 Å². The summed E-state index contributed by atoms with van der Waals surface area (Å²) in [7, 11) is -3.93. The van der Waals surface area contributed by atoms with Gasteiger partial charge in [0.1, 0.15) is 6.54 Å². The van der Waals surface area contributed by atoms with Crippen LogP contribution in [-0.2, 0) is 40.6 Å². The van der Waals surface area contributed by atoms with Crippen molar-refractivity contribution in [2.75, 3.05) is 10.8 Å². The van der Waals surface area contributed by atoms with Crippen LogP contribution in [0.1, 0.15) is 48.6 Å². The third-order valence-corrected chi connectivity index (χ3v) is 7.85. The van der Waals surface area contributed by atoms with Crippen molar-refractivity contribution in [3.05, 3.63) is 94.5 Å². The maximum absolute atomic E-state index is 13.7. The van der Waals surface area contributed by atoms with Gasteiger partial charge in [0, 0.05) is 6.54 Å². The number of nitrogens with one attached hydrogen (secondary N) is 1. The van der Waals surface area contributed by atoms with Gasteiger partial charge < -0.3 is 5.32 Å². The number of benzene rings is 3. The molecule has 3 aromatic rings. The highest BCUT2D eigenvalue weighted by Crippen LogP contribution is 2.27. The molecule has 1 amide bonds. The highest BCUT2D eigenvalue weighted by Gasteiger charge is 2.28. The molecule has 0 unspecified atom stereocenters. The van der Waals surface area contributed by atoms with E-state index in [0.717, 1.165) is 29.5 Å². The molecule has 0 heterocycles. The molecule has 0 aliphatic carbocycles. The van der Waals surface area contributed by atoms with Gasteiger partial charge in [0.15, 0.2) is 0 Å². The van der Waals surface area contributed by atoms with Gasteiger partial charge in [-0.05, 0) is 66.6 Å². The van der Waals surface area contributed by atoms with Crippen LogP contribution in [0.4, 0.5) is 5.69 Å². The zero-order valence-electron chi connectivity index (χ0n) is 20.5. The largest absolute Gasteiger partial charge is 0.350 e. The molecule has 0 saturated carbocycles. The van der Waals surface area contributed by atoms with Crippen LogP contribution in [0.25, 0.3) is 0 Å². The monoisotopic (exact) mass is 478 g/mol. The summed E-state index contributed by atoms with van der Waals surface area (Å²) in [5.41, 5.74) is 5.83. The molecule has 0 saturated heterocycles. The van der Waals surface area contributed by atoms with Crippen LogP contribution in [0.5, 0.6) is 0 Å². The lowest BCUT2D eigenvalue weighted by Crippen LogP contribution is -2.41. The average Bonchev–Trinajstić information content (AvgIpc) is 2.85. The Balaban J connectivity index is 1.90. The Morgan fingerprint density at radius 1 is 0.824 bits per heavy atom. The number of para-hydroxylation sites is 1. The molecule has 180 valence electrons. The Hall–Kier alpha value is -3.12. The zero-order chi connectivity index (χ0) is 24.7. The number of nitrogens with zero attached hydrogens (tertiary/aromatic N) is 1. The minimum atomic E-state index is -3.93. The predicted molar refractivity (Wildman–Crippen MR) is 139 cm³/mol. The van der Waals surface area contributed by atoms with Gasteiger partial charge in [0.2, 0.25) is 5.91 Å². The van der Waals surface area contributed by atoms with E-state index in [2.05, 4.69) is 37.4 Å². The number of rotatable bonds is 10. The summed E-state index contributed by atoms with van der Waals surface area (Å²) in [6.45, 7) is 8.15. The first-order valence-electron chi connectivity index (χ1n) is 11.8. The van der Waals surface area contributed by atoms with Crippen molar-refractivity contribution in [1.29, 1.82) is 0 Å². The molecule has 3 aromatic carbocycles. The molecule has 0 radical (unpaired) electrons. The van der Waals surface area contributed by atoms with E-state index in [1.54, 1.807) is 36.4 Å². The van der Waals surface area contributed by atoms with Crippen LogP contribution in [0.3, 0.4) is 0 Å². The van der Waals surface area contributed by atoms with E-state index in [1.807, 2.05) is 26.0 Å². The second kappa shape index (κ2) is 11.3. The normalized spacial score (nSPS) is 11.3. The lowest BCUT2D eigenvalue weighted by molar-refractivity contribution is -0.119. The van der Waals surface area contributed by atoms with Crippen LogP contribution in [0.15, 0.2) is 71.6 Å². The highest BCUT2D eigenvalue weighted by atomic mass is 32.2. The molecule has 6 heteroatoms. The molecule has 0 atom stereocenters. The van der Waals surface area contributed by atoms with Crippen LogP contribution < -0.4 is 9.62 Å². The summed E-state index contributed by atoms with van der Waals surface area (Å²) < 4.78 is 28.5. The Bertz CT molecular complexity index is 1230. The number of aryl methyl sites for hydroxylation is 4. The third kappa shape index (κ3) is 5.86. The summed E-state index contributed by atoms with van der Waals surface area (Å²) in [6.07, 6.45) is 2.44. The second-order valence-electron chi connectivity index (χ2n) is 8.39. The molecule has 34 heavy (non-hydrogen) atoms. The van der Waals surface area contributed by atoms with Crippen LogP contribution in [0, 0.1) is 6.92 Å². The molecule has 0 aliphatic rings. The first-order chi connectivity index (χ1) is 16.3. The summed E-state index contributed by atoms with van der Waals surface area (Å²) >= 11 is 0. The summed E-state index contributed by atoms with van der Waals surface area (Å²) in [5.74, 6) is -0.342. The van der Waals surface area contributed by atoms with Gasteiger partial charge in [-0.2, -0.15) is 0 Å². The molecule has 1 N–H and O–H groups in total. The Kier molecular flexibility index (Phi) is 8.51. The Labute approximate surface area is 203 Å². The smallest absolute Gasteiger partial charge is 0.264 e. The minimum Gasteiger partial charge on any atom is -0.350 e.